The quantitative estimate of drug-likeness (QED) is 0.839. The Bertz CT molecular complexity index is 780. The van der Waals surface area contributed by atoms with Crippen molar-refractivity contribution in [1.29, 1.82) is 0 Å². The molecule has 2 aromatic rings. The van der Waals surface area contributed by atoms with E-state index in [0.29, 0.717) is 24.2 Å². The average molecular weight is 412 g/mol. The third kappa shape index (κ3) is 4.26. The fourth-order valence-corrected chi connectivity index (χ4v) is 3.97. The molecule has 0 saturated carbocycles. The van der Waals surface area contributed by atoms with E-state index in [-0.39, 0.29) is 30.7 Å². The topological polar surface area (TPSA) is 48.7 Å². The minimum Gasteiger partial charge on any atom is -0.467 e. The Hall–Kier alpha value is -1.69. The number of hydrogen-bond donors (Lipinski definition) is 1. The number of rotatable bonds is 3. The van der Waals surface area contributed by atoms with Gasteiger partial charge in [0.2, 0.25) is 0 Å². The number of piperazine rings is 1. The highest BCUT2D eigenvalue weighted by Crippen LogP contribution is 2.33. The highest BCUT2D eigenvalue weighted by Gasteiger charge is 2.29. The lowest BCUT2D eigenvalue weighted by Gasteiger charge is -2.32. The fourth-order valence-electron chi connectivity index (χ4n) is 3.97. The number of carbonyl (C=O) groups is 1. The smallest absolute Gasteiger partial charge is 0.257 e. The molecule has 2 unspecified atom stereocenters. The van der Waals surface area contributed by atoms with Crippen molar-refractivity contribution in [3.05, 3.63) is 53.5 Å². The van der Waals surface area contributed by atoms with E-state index in [1.807, 2.05) is 11.0 Å². The van der Waals surface area contributed by atoms with Crippen molar-refractivity contribution < 1.29 is 9.21 Å². The Labute approximate surface area is 172 Å². The molecule has 1 aromatic carbocycles. The summed E-state index contributed by atoms with van der Waals surface area (Å²) < 4.78 is 5.72. The molecular weight excluding hydrogens is 385 g/mol. The fraction of sp³-hybridized carbons (Fsp3) is 0.450. The molecule has 1 saturated heterocycles. The molecule has 1 N–H and O–H groups in total. The lowest BCUT2D eigenvalue weighted by molar-refractivity contribution is 0.0706. The van der Waals surface area contributed by atoms with E-state index in [0.717, 1.165) is 31.8 Å². The van der Waals surface area contributed by atoms with E-state index in [1.54, 1.807) is 6.26 Å². The molecule has 3 heterocycles. The average Bonchev–Trinajstić information content (AvgIpc) is 3.19. The Morgan fingerprint density at radius 2 is 2.00 bits per heavy atom. The van der Waals surface area contributed by atoms with Crippen LogP contribution in [0.1, 0.15) is 35.5 Å². The van der Waals surface area contributed by atoms with E-state index < -0.39 is 0 Å². The second-order valence-corrected chi connectivity index (χ2v) is 7.17. The number of amides is 1. The van der Waals surface area contributed by atoms with Crippen LogP contribution in [0, 0.1) is 0 Å². The van der Waals surface area contributed by atoms with E-state index in [1.165, 1.54) is 11.3 Å². The maximum absolute atomic E-state index is 12.9. The molecule has 2 atom stereocenters. The first kappa shape index (κ1) is 21.6. The molecule has 5 nitrogen and oxygen atoms in total. The zero-order valence-electron chi connectivity index (χ0n) is 15.7. The molecule has 148 valence electrons. The van der Waals surface area contributed by atoms with Crippen molar-refractivity contribution >= 4 is 36.4 Å². The van der Waals surface area contributed by atoms with Gasteiger partial charge in [0.25, 0.3) is 5.91 Å². The SMILES string of the molecule is CC1CN(C(=O)c2ccoc2CN2c3ccccc3CC2C)CCN1.Cl.Cl. The van der Waals surface area contributed by atoms with Crippen LogP contribution < -0.4 is 10.2 Å². The summed E-state index contributed by atoms with van der Waals surface area (Å²) in [5.41, 5.74) is 3.32. The molecule has 1 aromatic heterocycles. The van der Waals surface area contributed by atoms with Crippen LogP contribution in [-0.4, -0.2) is 42.5 Å². The van der Waals surface area contributed by atoms with Gasteiger partial charge >= 0.3 is 0 Å². The minimum absolute atomic E-state index is 0. The number of para-hydroxylation sites is 1. The first-order chi connectivity index (χ1) is 12.1. The van der Waals surface area contributed by atoms with Crippen molar-refractivity contribution in [2.75, 3.05) is 24.5 Å². The predicted molar refractivity (Wildman–Crippen MR) is 112 cm³/mol. The second-order valence-electron chi connectivity index (χ2n) is 7.17. The number of anilines is 1. The maximum atomic E-state index is 12.9. The van der Waals surface area contributed by atoms with Gasteiger partial charge in [-0.15, -0.1) is 24.8 Å². The molecule has 2 aliphatic heterocycles. The van der Waals surface area contributed by atoms with E-state index in [9.17, 15) is 4.79 Å². The number of fused-ring (bicyclic) bond motifs is 1. The van der Waals surface area contributed by atoms with Crippen molar-refractivity contribution in [2.45, 2.75) is 38.9 Å². The summed E-state index contributed by atoms with van der Waals surface area (Å²) in [5.74, 6) is 0.844. The van der Waals surface area contributed by atoms with Crippen LogP contribution >= 0.6 is 24.8 Å². The van der Waals surface area contributed by atoms with Crippen LogP contribution in [0.3, 0.4) is 0 Å². The van der Waals surface area contributed by atoms with Crippen molar-refractivity contribution in [1.82, 2.24) is 10.2 Å². The van der Waals surface area contributed by atoms with Crippen LogP contribution in [0.4, 0.5) is 5.69 Å². The highest BCUT2D eigenvalue weighted by atomic mass is 35.5. The van der Waals surface area contributed by atoms with Gasteiger partial charge in [0, 0.05) is 37.4 Å². The summed E-state index contributed by atoms with van der Waals surface area (Å²) in [6.07, 6.45) is 2.68. The van der Waals surface area contributed by atoms with Gasteiger partial charge in [-0.2, -0.15) is 0 Å². The van der Waals surface area contributed by atoms with Gasteiger partial charge in [-0.05, 0) is 38.0 Å². The van der Waals surface area contributed by atoms with Gasteiger partial charge in [-0.25, -0.2) is 0 Å². The van der Waals surface area contributed by atoms with E-state index >= 15 is 0 Å². The molecule has 0 aliphatic carbocycles. The van der Waals surface area contributed by atoms with Gasteiger partial charge in [-0.1, -0.05) is 18.2 Å². The Morgan fingerprint density at radius 1 is 1.22 bits per heavy atom. The number of furan rings is 1. The van der Waals surface area contributed by atoms with Gasteiger partial charge < -0.3 is 19.5 Å². The molecular formula is C20H27Cl2N3O2. The van der Waals surface area contributed by atoms with Crippen LogP contribution in [0.25, 0.3) is 0 Å². The summed E-state index contributed by atoms with van der Waals surface area (Å²) in [6, 6.07) is 11.0. The number of carbonyl (C=O) groups excluding carboxylic acids is 1. The third-order valence-corrected chi connectivity index (χ3v) is 5.29. The number of nitrogens with zero attached hydrogens (tertiary/aromatic N) is 2. The summed E-state index contributed by atoms with van der Waals surface area (Å²) in [4.78, 5) is 17.2. The maximum Gasteiger partial charge on any atom is 0.257 e. The first-order valence-electron chi connectivity index (χ1n) is 9.07. The van der Waals surface area contributed by atoms with Crippen LogP contribution in [0.2, 0.25) is 0 Å². The lowest BCUT2D eigenvalue weighted by atomic mass is 10.1. The molecule has 27 heavy (non-hydrogen) atoms. The van der Waals surface area contributed by atoms with Gasteiger partial charge in [0.15, 0.2) is 0 Å². The van der Waals surface area contributed by atoms with E-state index in [4.69, 9.17) is 4.42 Å². The zero-order chi connectivity index (χ0) is 17.4. The lowest BCUT2D eigenvalue weighted by Crippen LogP contribution is -2.51. The normalized spacial score (nSPS) is 21.3. The number of nitrogens with one attached hydrogen (secondary N) is 1. The van der Waals surface area contributed by atoms with Gasteiger partial charge in [0.1, 0.15) is 5.76 Å². The standard InChI is InChI=1S/C20H25N3O2.2ClH/c1-14-12-22(9-8-21-14)20(24)17-7-10-25-19(17)13-23-15(2)11-16-5-3-4-6-18(16)23;;/h3-7,10,14-15,21H,8-9,11-13H2,1-2H3;2*1H. The zero-order valence-corrected chi connectivity index (χ0v) is 17.3. The van der Waals surface area contributed by atoms with Crippen molar-refractivity contribution in [2.24, 2.45) is 0 Å². The molecule has 0 spiro atoms. The summed E-state index contributed by atoms with van der Waals surface area (Å²) in [5, 5.41) is 3.38. The van der Waals surface area contributed by atoms with Gasteiger partial charge in [-0.3, -0.25) is 4.79 Å². The van der Waals surface area contributed by atoms with Crippen molar-refractivity contribution in [3.8, 4) is 0 Å². The second kappa shape index (κ2) is 9.00. The van der Waals surface area contributed by atoms with Crippen LogP contribution in [-0.2, 0) is 13.0 Å². The highest BCUT2D eigenvalue weighted by molar-refractivity contribution is 5.95. The van der Waals surface area contributed by atoms with E-state index in [2.05, 4.69) is 48.3 Å². The monoisotopic (exact) mass is 411 g/mol. The van der Waals surface area contributed by atoms with Crippen LogP contribution in [0.5, 0.6) is 0 Å². The molecule has 7 heteroatoms. The summed E-state index contributed by atoms with van der Waals surface area (Å²) in [7, 11) is 0. The Kier molecular flexibility index (Phi) is 7.20. The molecule has 0 bridgehead atoms. The number of benzene rings is 1. The molecule has 2 aliphatic rings. The summed E-state index contributed by atoms with van der Waals surface area (Å²) in [6.45, 7) is 7.30. The largest absolute Gasteiger partial charge is 0.467 e. The molecule has 1 fully saturated rings. The third-order valence-electron chi connectivity index (χ3n) is 5.29. The number of halogens is 2. The molecule has 0 radical (unpaired) electrons. The van der Waals surface area contributed by atoms with Crippen molar-refractivity contribution in [3.63, 3.8) is 0 Å². The van der Waals surface area contributed by atoms with Gasteiger partial charge in [0.05, 0.1) is 18.4 Å². The molecule has 4 rings (SSSR count). The predicted octanol–water partition coefficient (Wildman–Crippen LogP) is 3.51. The number of hydrogen-bond acceptors (Lipinski definition) is 4. The Balaban J connectivity index is 0.00000131. The van der Waals surface area contributed by atoms with Crippen LogP contribution in [0.15, 0.2) is 41.0 Å². The molecule has 1 amide bonds. The minimum atomic E-state index is 0. The summed E-state index contributed by atoms with van der Waals surface area (Å²) >= 11 is 0. The Morgan fingerprint density at radius 3 is 2.78 bits per heavy atom. The first-order valence-corrected chi connectivity index (χ1v) is 9.07.